The Morgan fingerprint density at radius 3 is 1.04 bits per heavy atom. The van der Waals surface area contributed by atoms with Crippen molar-refractivity contribution < 1.29 is 0 Å². The molecule has 248 valence electrons. The minimum Gasteiger partial charge on any atom is -0.355 e. The molecule has 0 radical (unpaired) electrons. The third kappa shape index (κ3) is 6.27. The summed E-state index contributed by atoms with van der Waals surface area (Å²) in [6.45, 7) is 0. The van der Waals surface area contributed by atoms with Crippen LogP contribution < -0.4 is 10.6 Å². The van der Waals surface area contributed by atoms with E-state index >= 15 is 0 Å². The highest BCUT2D eigenvalue weighted by Crippen LogP contribution is 2.43. The Balaban J connectivity index is 1.12. The molecule has 0 amide bonds. The van der Waals surface area contributed by atoms with Crippen molar-refractivity contribution in [1.82, 2.24) is 0 Å². The van der Waals surface area contributed by atoms with E-state index in [1.807, 2.05) is 0 Å². The van der Waals surface area contributed by atoms with Gasteiger partial charge < -0.3 is 10.6 Å². The summed E-state index contributed by atoms with van der Waals surface area (Å²) in [6.07, 6.45) is 1.61. The zero-order valence-electron chi connectivity index (χ0n) is 28.9. The van der Waals surface area contributed by atoms with Crippen LogP contribution in [0.4, 0.5) is 22.7 Å². The normalized spacial score (nSPS) is 11.7. The molecule has 8 aromatic rings. The summed E-state index contributed by atoms with van der Waals surface area (Å²) in [7, 11) is 0. The van der Waals surface area contributed by atoms with Gasteiger partial charge in [-0.15, -0.1) is 0 Å². The van der Waals surface area contributed by atoms with Gasteiger partial charge in [0.25, 0.3) is 0 Å². The van der Waals surface area contributed by atoms with E-state index < -0.39 is 0 Å². The van der Waals surface area contributed by atoms with Crippen molar-refractivity contribution in [2.24, 2.45) is 0 Å². The summed E-state index contributed by atoms with van der Waals surface area (Å²) in [5, 5.41) is 7.64. The molecule has 0 fully saturated rings. The molecule has 0 saturated carbocycles. The van der Waals surface area contributed by atoms with Crippen LogP contribution in [0.5, 0.6) is 0 Å². The molecule has 2 N–H and O–H groups in total. The lowest BCUT2D eigenvalue weighted by Gasteiger charge is -2.24. The first-order chi connectivity index (χ1) is 25.8. The third-order valence-electron chi connectivity index (χ3n) is 10.2. The van der Waals surface area contributed by atoms with E-state index in [4.69, 9.17) is 0 Å². The Hall–Kier alpha value is -6.64. The van der Waals surface area contributed by atoms with Gasteiger partial charge in [-0.3, -0.25) is 0 Å². The van der Waals surface area contributed by atoms with Crippen LogP contribution in [0.15, 0.2) is 194 Å². The van der Waals surface area contributed by atoms with Crippen LogP contribution in [0.25, 0.3) is 44.5 Å². The van der Waals surface area contributed by atoms with Gasteiger partial charge in [0.2, 0.25) is 0 Å². The first-order valence-electron chi connectivity index (χ1n) is 18.0. The highest BCUT2D eigenvalue weighted by atomic mass is 14.9. The van der Waals surface area contributed by atoms with Crippen molar-refractivity contribution in [2.75, 3.05) is 10.6 Å². The Labute approximate surface area is 306 Å². The first kappa shape index (κ1) is 31.3. The zero-order chi connectivity index (χ0) is 34.7. The number of benzene rings is 8. The van der Waals surface area contributed by atoms with Crippen molar-refractivity contribution in [3.05, 3.63) is 216 Å². The molecular weight excluding hydrogens is 629 g/mol. The molecule has 1 aliphatic rings. The van der Waals surface area contributed by atoms with Crippen molar-refractivity contribution >= 4 is 22.7 Å². The summed E-state index contributed by atoms with van der Waals surface area (Å²) in [4.78, 5) is 0. The van der Waals surface area contributed by atoms with E-state index in [0.29, 0.717) is 0 Å². The van der Waals surface area contributed by atoms with Crippen LogP contribution in [0, 0.1) is 0 Å². The SMILES string of the molecule is c1ccc(-c2ccc(Nc3cccc4c3-c3ccccc3Cc3cccc(Nc5ccc(-c6ccccc6)cc5)c3-c3ccccc3C4)cc2)cc1. The monoisotopic (exact) mass is 666 g/mol. The second-order valence-electron chi connectivity index (χ2n) is 13.5. The summed E-state index contributed by atoms with van der Waals surface area (Å²) >= 11 is 0. The molecule has 0 unspecified atom stereocenters. The van der Waals surface area contributed by atoms with E-state index in [0.717, 1.165) is 35.6 Å². The Bertz CT molecular complexity index is 2300. The van der Waals surface area contributed by atoms with E-state index in [2.05, 4.69) is 205 Å². The highest BCUT2D eigenvalue weighted by Gasteiger charge is 2.22. The van der Waals surface area contributed by atoms with Gasteiger partial charge in [-0.05, 0) is 105 Å². The molecule has 0 aromatic heterocycles. The van der Waals surface area contributed by atoms with E-state index in [9.17, 15) is 0 Å². The second-order valence-corrected chi connectivity index (χ2v) is 13.5. The van der Waals surface area contributed by atoms with Gasteiger partial charge in [-0.25, -0.2) is 0 Å². The average Bonchev–Trinajstić information content (AvgIpc) is 3.20. The molecule has 0 bridgehead atoms. The maximum atomic E-state index is 3.82. The Morgan fingerprint density at radius 1 is 0.269 bits per heavy atom. The number of fused-ring (bicyclic) bond motifs is 6. The molecule has 52 heavy (non-hydrogen) atoms. The van der Waals surface area contributed by atoms with Crippen LogP contribution in [0.3, 0.4) is 0 Å². The quantitative estimate of drug-likeness (QED) is 0.185. The fraction of sp³-hybridized carbons (Fsp3) is 0.0400. The summed E-state index contributed by atoms with van der Waals surface area (Å²) in [5.41, 5.74) is 19.5. The lowest BCUT2D eigenvalue weighted by Crippen LogP contribution is -2.06. The molecule has 0 aliphatic heterocycles. The largest absolute Gasteiger partial charge is 0.355 e. The van der Waals surface area contributed by atoms with Gasteiger partial charge >= 0.3 is 0 Å². The van der Waals surface area contributed by atoms with Crippen molar-refractivity contribution in [2.45, 2.75) is 12.8 Å². The number of rotatable bonds is 6. The summed E-state index contributed by atoms with van der Waals surface area (Å²) < 4.78 is 0. The molecule has 9 rings (SSSR count). The number of hydrogen-bond acceptors (Lipinski definition) is 2. The van der Waals surface area contributed by atoms with E-state index in [1.54, 1.807) is 0 Å². The molecule has 1 aliphatic carbocycles. The number of nitrogens with one attached hydrogen (secondary N) is 2. The van der Waals surface area contributed by atoms with E-state index in [-0.39, 0.29) is 0 Å². The minimum absolute atomic E-state index is 0.807. The molecule has 2 heteroatoms. The third-order valence-corrected chi connectivity index (χ3v) is 10.2. The van der Waals surface area contributed by atoms with Crippen LogP contribution in [0.2, 0.25) is 0 Å². The highest BCUT2D eigenvalue weighted by molar-refractivity contribution is 5.90. The average molecular weight is 667 g/mol. The Kier molecular flexibility index (Phi) is 8.40. The minimum atomic E-state index is 0.807. The fourth-order valence-corrected chi connectivity index (χ4v) is 7.65. The van der Waals surface area contributed by atoms with Crippen molar-refractivity contribution in [1.29, 1.82) is 0 Å². The summed E-state index contributed by atoms with van der Waals surface area (Å²) in [5.74, 6) is 0. The molecule has 8 aromatic carbocycles. The van der Waals surface area contributed by atoms with Crippen LogP contribution in [-0.2, 0) is 12.8 Å². The van der Waals surface area contributed by atoms with Crippen LogP contribution in [0.1, 0.15) is 22.3 Å². The lowest BCUT2D eigenvalue weighted by atomic mass is 9.82. The molecular formula is C50H38N2. The smallest absolute Gasteiger partial charge is 0.0466 e. The van der Waals surface area contributed by atoms with Crippen molar-refractivity contribution in [3.8, 4) is 44.5 Å². The zero-order valence-corrected chi connectivity index (χ0v) is 28.9. The summed E-state index contributed by atoms with van der Waals surface area (Å²) in [6, 6.07) is 69.9. The van der Waals surface area contributed by atoms with Gasteiger partial charge in [0.15, 0.2) is 0 Å². The van der Waals surface area contributed by atoms with Gasteiger partial charge in [-0.1, -0.05) is 158 Å². The second kappa shape index (κ2) is 13.9. The predicted octanol–water partition coefficient (Wildman–Crippen LogP) is 13.3. The van der Waals surface area contributed by atoms with Gasteiger partial charge in [0.1, 0.15) is 0 Å². The van der Waals surface area contributed by atoms with Crippen LogP contribution >= 0.6 is 0 Å². The maximum absolute atomic E-state index is 3.82. The fourth-order valence-electron chi connectivity index (χ4n) is 7.65. The molecule has 0 atom stereocenters. The molecule has 0 heterocycles. The van der Waals surface area contributed by atoms with Gasteiger partial charge in [-0.2, -0.15) is 0 Å². The number of anilines is 4. The molecule has 2 nitrogen and oxygen atoms in total. The number of hydrogen-bond donors (Lipinski definition) is 2. The maximum Gasteiger partial charge on any atom is 0.0466 e. The van der Waals surface area contributed by atoms with E-state index in [1.165, 1.54) is 66.8 Å². The van der Waals surface area contributed by atoms with Crippen molar-refractivity contribution in [3.63, 3.8) is 0 Å². The molecule has 0 spiro atoms. The van der Waals surface area contributed by atoms with Gasteiger partial charge in [0, 0.05) is 33.9 Å². The Morgan fingerprint density at radius 2 is 0.615 bits per heavy atom. The first-order valence-corrected chi connectivity index (χ1v) is 18.0. The van der Waals surface area contributed by atoms with Gasteiger partial charge in [0.05, 0.1) is 0 Å². The topological polar surface area (TPSA) is 24.1 Å². The molecule has 0 saturated heterocycles. The standard InChI is InChI=1S/C50H38N2/c1-3-13-35(14-4-1)37-25-29-43(30-26-37)51-47-23-11-19-41-33-40-18-8-10-22-46(40)50-42(34-39-17-7-9-21-45(39)49(41)47)20-12-24-48(50)52-44-31-27-38(28-32-44)36-15-5-2-6-16-36/h1-32,51-52H,33-34H2. The lowest BCUT2D eigenvalue weighted by molar-refractivity contribution is 1.15. The van der Waals surface area contributed by atoms with Crippen LogP contribution in [-0.4, -0.2) is 0 Å². The predicted molar refractivity (Wildman–Crippen MR) is 220 cm³/mol.